The molecule has 90 valence electrons. The van der Waals surface area contributed by atoms with Crippen LogP contribution >= 0.6 is 0 Å². The zero-order valence-corrected chi connectivity index (χ0v) is 9.81. The van der Waals surface area contributed by atoms with Crippen molar-refractivity contribution in [3.05, 3.63) is 30.2 Å². The van der Waals surface area contributed by atoms with Gasteiger partial charge < -0.3 is 15.5 Å². The van der Waals surface area contributed by atoms with Crippen LogP contribution < -0.4 is 11.1 Å². The van der Waals surface area contributed by atoms with E-state index < -0.39 is 0 Å². The van der Waals surface area contributed by atoms with E-state index in [1.54, 1.807) is 0 Å². The third kappa shape index (κ3) is 2.82. The van der Waals surface area contributed by atoms with Crippen molar-refractivity contribution in [2.75, 3.05) is 18.4 Å². The largest absolute Gasteiger partial charge is 0.423 e. The van der Waals surface area contributed by atoms with E-state index in [9.17, 15) is 0 Å². The summed E-state index contributed by atoms with van der Waals surface area (Å²) in [5.41, 5.74) is 8.65. The first-order chi connectivity index (χ1) is 8.31. The molecule has 0 fully saturated rings. The number of aryl methyl sites for hydroxylation is 1. The Labute approximate surface area is 100 Å². The highest BCUT2D eigenvalue weighted by Gasteiger charge is 2.05. The lowest BCUT2D eigenvalue weighted by Gasteiger charge is -2.09. The highest BCUT2D eigenvalue weighted by atomic mass is 16.4. The molecule has 3 N–H and O–H groups in total. The number of anilines is 1. The van der Waals surface area contributed by atoms with Gasteiger partial charge in [-0.05, 0) is 43.7 Å². The molecule has 2 aromatic rings. The molecule has 1 aromatic carbocycles. The highest BCUT2D eigenvalue weighted by Crippen LogP contribution is 2.22. The van der Waals surface area contributed by atoms with Crippen LogP contribution in [0.3, 0.4) is 0 Å². The van der Waals surface area contributed by atoms with Crippen LogP contribution in [0.1, 0.15) is 12.0 Å². The van der Waals surface area contributed by atoms with Crippen molar-refractivity contribution in [3.63, 3.8) is 0 Å². The Morgan fingerprint density at radius 1 is 1.41 bits per heavy atom. The number of rotatable bonds is 5. The van der Waals surface area contributed by atoms with Gasteiger partial charge in [-0.1, -0.05) is 0 Å². The summed E-state index contributed by atoms with van der Waals surface area (Å²) in [6.45, 7) is 3.63. The summed E-state index contributed by atoms with van der Waals surface area (Å²) in [4.78, 5) is 0. The van der Waals surface area contributed by atoms with Crippen molar-refractivity contribution in [1.82, 2.24) is 10.2 Å². The highest BCUT2D eigenvalue weighted by molar-refractivity contribution is 5.62. The van der Waals surface area contributed by atoms with Crippen LogP contribution in [-0.2, 0) is 0 Å². The molecule has 0 radical (unpaired) electrons. The van der Waals surface area contributed by atoms with E-state index in [0.717, 1.165) is 29.8 Å². The fraction of sp³-hybridized carbons (Fsp3) is 0.333. The Bertz CT molecular complexity index is 467. The lowest BCUT2D eigenvalue weighted by atomic mass is 10.1. The normalized spacial score (nSPS) is 10.5. The topological polar surface area (TPSA) is 77.0 Å². The Hall–Kier alpha value is -1.88. The monoisotopic (exact) mass is 232 g/mol. The minimum Gasteiger partial charge on any atom is -0.423 e. The molecule has 1 aromatic heterocycles. The lowest BCUT2D eigenvalue weighted by molar-refractivity contribution is 0.568. The van der Waals surface area contributed by atoms with Crippen LogP contribution in [0.5, 0.6) is 0 Å². The lowest BCUT2D eigenvalue weighted by Crippen LogP contribution is -2.09. The Kier molecular flexibility index (Phi) is 3.72. The van der Waals surface area contributed by atoms with Gasteiger partial charge in [0.2, 0.25) is 12.3 Å². The van der Waals surface area contributed by atoms with E-state index in [1.165, 1.54) is 6.39 Å². The fourth-order valence-electron chi connectivity index (χ4n) is 1.62. The van der Waals surface area contributed by atoms with Crippen LogP contribution in [-0.4, -0.2) is 23.3 Å². The number of aromatic nitrogens is 2. The van der Waals surface area contributed by atoms with E-state index in [1.807, 2.05) is 25.1 Å². The molecular weight excluding hydrogens is 216 g/mol. The predicted molar refractivity (Wildman–Crippen MR) is 66.6 cm³/mol. The standard InChI is InChI=1S/C12H16N4O/c1-9-7-10(12-16-15-8-17-12)3-4-11(9)14-6-2-5-13/h3-4,7-8,14H,2,5-6,13H2,1H3. The second-order valence-corrected chi connectivity index (χ2v) is 3.84. The molecule has 0 amide bonds. The fourth-order valence-corrected chi connectivity index (χ4v) is 1.62. The van der Waals surface area contributed by atoms with Gasteiger partial charge >= 0.3 is 0 Å². The second kappa shape index (κ2) is 5.45. The van der Waals surface area contributed by atoms with E-state index in [2.05, 4.69) is 15.5 Å². The molecular formula is C12H16N4O. The van der Waals surface area contributed by atoms with Crippen LogP contribution in [0.4, 0.5) is 5.69 Å². The molecule has 0 atom stereocenters. The van der Waals surface area contributed by atoms with Crippen molar-refractivity contribution >= 4 is 5.69 Å². The van der Waals surface area contributed by atoms with Gasteiger partial charge in [-0.3, -0.25) is 0 Å². The number of nitrogens with zero attached hydrogens (tertiary/aromatic N) is 2. The molecule has 0 aliphatic carbocycles. The summed E-state index contributed by atoms with van der Waals surface area (Å²) in [6, 6.07) is 6.01. The number of nitrogens with two attached hydrogens (primary N) is 1. The van der Waals surface area contributed by atoms with Crippen molar-refractivity contribution < 1.29 is 4.42 Å². The third-order valence-electron chi connectivity index (χ3n) is 2.53. The average molecular weight is 232 g/mol. The zero-order valence-electron chi connectivity index (χ0n) is 9.81. The summed E-state index contributed by atoms with van der Waals surface area (Å²) in [7, 11) is 0. The van der Waals surface area contributed by atoms with E-state index in [0.29, 0.717) is 12.4 Å². The van der Waals surface area contributed by atoms with Gasteiger partial charge in [0.15, 0.2) is 0 Å². The molecule has 0 saturated carbocycles. The van der Waals surface area contributed by atoms with Crippen molar-refractivity contribution in [1.29, 1.82) is 0 Å². The maximum atomic E-state index is 5.45. The molecule has 0 bridgehead atoms. The Balaban J connectivity index is 2.12. The number of benzene rings is 1. The summed E-state index contributed by atoms with van der Waals surface area (Å²) in [6.07, 6.45) is 2.29. The SMILES string of the molecule is Cc1cc(-c2nnco2)ccc1NCCCN. The first-order valence-electron chi connectivity index (χ1n) is 5.62. The summed E-state index contributed by atoms with van der Waals surface area (Å²) >= 11 is 0. The van der Waals surface area contributed by atoms with Gasteiger partial charge in [-0.15, -0.1) is 10.2 Å². The molecule has 0 spiro atoms. The van der Waals surface area contributed by atoms with Crippen molar-refractivity contribution in [2.45, 2.75) is 13.3 Å². The smallest absolute Gasteiger partial charge is 0.247 e. The minimum atomic E-state index is 0.543. The van der Waals surface area contributed by atoms with Crippen LogP contribution in [0.25, 0.3) is 11.5 Å². The van der Waals surface area contributed by atoms with Gasteiger partial charge in [-0.25, -0.2) is 0 Å². The Morgan fingerprint density at radius 3 is 2.94 bits per heavy atom. The number of hydrogen-bond donors (Lipinski definition) is 2. The zero-order chi connectivity index (χ0) is 12.1. The van der Waals surface area contributed by atoms with Gasteiger partial charge in [0.25, 0.3) is 0 Å². The summed E-state index contributed by atoms with van der Waals surface area (Å²) < 4.78 is 5.15. The molecule has 5 nitrogen and oxygen atoms in total. The summed E-state index contributed by atoms with van der Waals surface area (Å²) in [5.74, 6) is 0.543. The van der Waals surface area contributed by atoms with Gasteiger partial charge in [0.1, 0.15) is 0 Å². The third-order valence-corrected chi connectivity index (χ3v) is 2.53. The molecule has 0 saturated heterocycles. The molecule has 0 aliphatic heterocycles. The van der Waals surface area contributed by atoms with E-state index >= 15 is 0 Å². The second-order valence-electron chi connectivity index (χ2n) is 3.84. The predicted octanol–water partition coefficient (Wildman–Crippen LogP) is 1.81. The van der Waals surface area contributed by atoms with Crippen molar-refractivity contribution in [3.8, 4) is 11.5 Å². The average Bonchev–Trinajstić information content (AvgIpc) is 2.85. The molecule has 0 unspecified atom stereocenters. The molecule has 5 heteroatoms. The van der Waals surface area contributed by atoms with E-state index in [4.69, 9.17) is 10.2 Å². The maximum absolute atomic E-state index is 5.45. The van der Waals surface area contributed by atoms with Gasteiger partial charge in [0, 0.05) is 17.8 Å². The van der Waals surface area contributed by atoms with Crippen molar-refractivity contribution in [2.24, 2.45) is 5.73 Å². The first kappa shape index (κ1) is 11.6. The Morgan fingerprint density at radius 2 is 2.29 bits per heavy atom. The molecule has 1 heterocycles. The summed E-state index contributed by atoms with van der Waals surface area (Å²) in [5, 5.41) is 10.9. The number of hydrogen-bond acceptors (Lipinski definition) is 5. The molecule has 2 rings (SSSR count). The molecule has 0 aliphatic rings. The maximum Gasteiger partial charge on any atom is 0.247 e. The first-order valence-corrected chi connectivity index (χ1v) is 5.62. The molecule has 17 heavy (non-hydrogen) atoms. The van der Waals surface area contributed by atoms with Crippen LogP contribution in [0.2, 0.25) is 0 Å². The number of nitrogens with one attached hydrogen (secondary N) is 1. The minimum absolute atomic E-state index is 0.543. The van der Waals surface area contributed by atoms with E-state index in [-0.39, 0.29) is 0 Å². The van der Waals surface area contributed by atoms with Crippen LogP contribution in [0, 0.1) is 6.92 Å². The van der Waals surface area contributed by atoms with Gasteiger partial charge in [-0.2, -0.15) is 0 Å². The van der Waals surface area contributed by atoms with Gasteiger partial charge in [0.05, 0.1) is 0 Å². The quantitative estimate of drug-likeness (QED) is 0.769. The van der Waals surface area contributed by atoms with Crippen LogP contribution in [0.15, 0.2) is 29.0 Å².